The normalized spacial score (nSPS) is 11.3. The number of hydrogen-bond donors (Lipinski definition) is 2. The number of phenolic OH excluding ortho intramolecular Hbond substituents is 1. The highest BCUT2D eigenvalue weighted by Gasteiger charge is 2.18. The second-order valence-electron chi connectivity index (χ2n) is 4.54. The summed E-state index contributed by atoms with van der Waals surface area (Å²) in [5.74, 6) is -0.0234. The standard InChI is InChI=1S/C14H14ClNO3S/c1-9-3-4-10(2)14(7-9)20(18,19)16-13-6-5-11(17)8-12(13)15/h3-8,16-17H,1-2H3. The Morgan fingerprint density at radius 3 is 2.45 bits per heavy atom. The van der Waals surface area contributed by atoms with Gasteiger partial charge < -0.3 is 5.11 Å². The average Bonchev–Trinajstić information content (AvgIpc) is 2.35. The van der Waals surface area contributed by atoms with Crippen molar-refractivity contribution >= 4 is 27.3 Å². The fraction of sp³-hybridized carbons (Fsp3) is 0.143. The fourth-order valence-corrected chi connectivity index (χ4v) is 3.47. The zero-order valence-electron chi connectivity index (χ0n) is 11.0. The minimum Gasteiger partial charge on any atom is -0.508 e. The Kier molecular flexibility index (Phi) is 3.92. The summed E-state index contributed by atoms with van der Waals surface area (Å²) in [4.78, 5) is 0.210. The molecule has 0 amide bonds. The van der Waals surface area contributed by atoms with Crippen LogP contribution in [-0.2, 0) is 10.0 Å². The monoisotopic (exact) mass is 311 g/mol. The second kappa shape index (κ2) is 5.34. The lowest BCUT2D eigenvalue weighted by Crippen LogP contribution is -2.14. The zero-order valence-corrected chi connectivity index (χ0v) is 12.6. The van der Waals surface area contributed by atoms with Gasteiger partial charge in [0.1, 0.15) is 5.75 Å². The van der Waals surface area contributed by atoms with Crippen LogP contribution in [0.3, 0.4) is 0 Å². The molecule has 0 unspecified atom stereocenters. The van der Waals surface area contributed by atoms with E-state index in [4.69, 9.17) is 11.6 Å². The molecule has 0 bridgehead atoms. The Hall–Kier alpha value is -1.72. The van der Waals surface area contributed by atoms with Gasteiger partial charge in [-0.15, -0.1) is 0 Å². The molecule has 0 atom stereocenters. The molecule has 0 heterocycles. The first-order chi connectivity index (χ1) is 9.29. The summed E-state index contributed by atoms with van der Waals surface area (Å²) in [5, 5.41) is 9.41. The molecule has 2 aromatic rings. The van der Waals surface area contributed by atoms with Crippen molar-refractivity contribution in [1.82, 2.24) is 0 Å². The van der Waals surface area contributed by atoms with Crippen molar-refractivity contribution in [2.75, 3.05) is 4.72 Å². The number of rotatable bonds is 3. The average molecular weight is 312 g/mol. The van der Waals surface area contributed by atoms with E-state index in [0.717, 1.165) is 5.56 Å². The molecule has 20 heavy (non-hydrogen) atoms. The molecule has 2 rings (SSSR count). The van der Waals surface area contributed by atoms with Crippen LogP contribution < -0.4 is 4.72 Å². The lowest BCUT2D eigenvalue weighted by Gasteiger charge is -2.12. The number of phenols is 1. The van der Waals surface area contributed by atoms with E-state index >= 15 is 0 Å². The third-order valence-corrected chi connectivity index (χ3v) is 4.65. The summed E-state index contributed by atoms with van der Waals surface area (Å²) in [7, 11) is -3.72. The molecule has 0 saturated heterocycles. The quantitative estimate of drug-likeness (QED) is 0.853. The molecule has 2 aromatic carbocycles. The number of halogens is 1. The lowest BCUT2D eigenvalue weighted by atomic mass is 10.2. The highest BCUT2D eigenvalue weighted by Crippen LogP contribution is 2.28. The third kappa shape index (κ3) is 3.05. The molecule has 2 N–H and O–H groups in total. The van der Waals surface area contributed by atoms with Gasteiger partial charge in [-0.3, -0.25) is 4.72 Å². The maximum atomic E-state index is 12.4. The summed E-state index contributed by atoms with van der Waals surface area (Å²) in [5.41, 5.74) is 1.73. The number of nitrogens with one attached hydrogen (secondary N) is 1. The molecule has 0 aliphatic heterocycles. The van der Waals surface area contributed by atoms with E-state index in [2.05, 4.69) is 4.72 Å². The molecule has 4 nitrogen and oxygen atoms in total. The molecular weight excluding hydrogens is 298 g/mol. The molecule has 0 aromatic heterocycles. The summed E-state index contributed by atoms with van der Waals surface area (Å²) in [6, 6.07) is 9.27. The zero-order chi connectivity index (χ0) is 14.9. The van der Waals surface area contributed by atoms with Crippen LogP contribution in [0, 0.1) is 13.8 Å². The summed E-state index contributed by atoms with van der Waals surface area (Å²) >= 11 is 5.91. The minimum absolute atomic E-state index is 0.0234. The highest BCUT2D eigenvalue weighted by atomic mass is 35.5. The Morgan fingerprint density at radius 1 is 1.10 bits per heavy atom. The van der Waals surface area contributed by atoms with E-state index in [1.807, 2.05) is 13.0 Å². The number of sulfonamides is 1. The van der Waals surface area contributed by atoms with Crippen molar-refractivity contribution in [1.29, 1.82) is 0 Å². The van der Waals surface area contributed by atoms with Gasteiger partial charge in [0, 0.05) is 6.07 Å². The molecule has 0 aliphatic rings. The van der Waals surface area contributed by atoms with E-state index < -0.39 is 10.0 Å². The van der Waals surface area contributed by atoms with Crippen LogP contribution in [0.25, 0.3) is 0 Å². The van der Waals surface area contributed by atoms with Gasteiger partial charge in [-0.05, 0) is 43.2 Å². The van der Waals surface area contributed by atoms with Gasteiger partial charge in [-0.25, -0.2) is 8.42 Å². The summed E-state index contributed by atoms with van der Waals surface area (Å²) in [6.45, 7) is 3.55. The van der Waals surface area contributed by atoms with Crippen LogP contribution in [0.5, 0.6) is 5.75 Å². The van der Waals surface area contributed by atoms with Crippen LogP contribution in [0.4, 0.5) is 5.69 Å². The predicted molar refractivity (Wildman–Crippen MR) is 79.8 cm³/mol. The maximum absolute atomic E-state index is 12.4. The van der Waals surface area contributed by atoms with E-state index in [9.17, 15) is 13.5 Å². The van der Waals surface area contributed by atoms with Crippen molar-refractivity contribution in [2.24, 2.45) is 0 Å². The van der Waals surface area contributed by atoms with E-state index in [1.54, 1.807) is 19.1 Å². The molecule has 0 spiro atoms. The first-order valence-corrected chi connectivity index (χ1v) is 7.74. The first kappa shape index (κ1) is 14.7. The molecule has 0 fully saturated rings. The van der Waals surface area contributed by atoms with E-state index in [-0.39, 0.29) is 21.4 Å². The molecule has 6 heteroatoms. The Morgan fingerprint density at radius 2 is 1.80 bits per heavy atom. The van der Waals surface area contributed by atoms with E-state index in [0.29, 0.717) is 5.56 Å². The minimum atomic E-state index is -3.72. The van der Waals surface area contributed by atoms with E-state index in [1.165, 1.54) is 18.2 Å². The van der Waals surface area contributed by atoms with Crippen molar-refractivity contribution in [2.45, 2.75) is 18.7 Å². The molecular formula is C14H14ClNO3S. The number of benzene rings is 2. The maximum Gasteiger partial charge on any atom is 0.262 e. The van der Waals surface area contributed by atoms with Gasteiger partial charge >= 0.3 is 0 Å². The number of aromatic hydroxyl groups is 1. The highest BCUT2D eigenvalue weighted by molar-refractivity contribution is 7.92. The Labute approximate surface area is 123 Å². The van der Waals surface area contributed by atoms with Crippen LogP contribution in [0.15, 0.2) is 41.3 Å². The Bertz CT molecular complexity index is 757. The van der Waals surface area contributed by atoms with Gasteiger partial charge in [0.2, 0.25) is 0 Å². The van der Waals surface area contributed by atoms with Crippen LogP contribution in [-0.4, -0.2) is 13.5 Å². The number of anilines is 1. The van der Waals surface area contributed by atoms with Crippen LogP contribution in [0.1, 0.15) is 11.1 Å². The Balaban J connectivity index is 2.43. The van der Waals surface area contributed by atoms with Crippen molar-refractivity contribution < 1.29 is 13.5 Å². The van der Waals surface area contributed by atoms with Crippen molar-refractivity contribution in [3.63, 3.8) is 0 Å². The summed E-state index contributed by atoms with van der Waals surface area (Å²) in [6.07, 6.45) is 0. The van der Waals surface area contributed by atoms with Crippen LogP contribution >= 0.6 is 11.6 Å². The molecule has 106 valence electrons. The fourth-order valence-electron chi connectivity index (χ4n) is 1.78. The van der Waals surface area contributed by atoms with Crippen molar-refractivity contribution in [3.05, 3.63) is 52.5 Å². The van der Waals surface area contributed by atoms with Gasteiger partial charge in [0.05, 0.1) is 15.6 Å². The largest absolute Gasteiger partial charge is 0.508 e. The topological polar surface area (TPSA) is 66.4 Å². The first-order valence-electron chi connectivity index (χ1n) is 5.88. The molecule has 0 radical (unpaired) electrons. The second-order valence-corrected chi connectivity index (χ2v) is 6.60. The van der Waals surface area contributed by atoms with Gasteiger partial charge in [-0.2, -0.15) is 0 Å². The number of hydrogen-bond acceptors (Lipinski definition) is 3. The smallest absolute Gasteiger partial charge is 0.262 e. The SMILES string of the molecule is Cc1ccc(C)c(S(=O)(=O)Nc2ccc(O)cc2Cl)c1. The van der Waals surface area contributed by atoms with Gasteiger partial charge in [0.25, 0.3) is 10.0 Å². The lowest BCUT2D eigenvalue weighted by molar-refractivity contribution is 0.475. The van der Waals surface area contributed by atoms with Gasteiger partial charge in [-0.1, -0.05) is 23.7 Å². The van der Waals surface area contributed by atoms with Crippen LogP contribution in [0.2, 0.25) is 5.02 Å². The predicted octanol–water partition coefficient (Wildman–Crippen LogP) is 3.46. The molecule has 0 aliphatic carbocycles. The number of aryl methyl sites for hydroxylation is 2. The third-order valence-electron chi connectivity index (χ3n) is 2.83. The van der Waals surface area contributed by atoms with Gasteiger partial charge in [0.15, 0.2) is 0 Å². The summed E-state index contributed by atoms with van der Waals surface area (Å²) < 4.78 is 27.2. The van der Waals surface area contributed by atoms with Crippen molar-refractivity contribution in [3.8, 4) is 5.75 Å². The molecule has 0 saturated carbocycles.